The summed E-state index contributed by atoms with van der Waals surface area (Å²) in [6.45, 7) is 0. The van der Waals surface area contributed by atoms with Crippen LogP contribution >= 0.6 is 12.2 Å². The van der Waals surface area contributed by atoms with E-state index in [4.69, 9.17) is 17.2 Å². The molecule has 0 fully saturated rings. The second-order valence-electron chi connectivity index (χ2n) is 7.91. The Morgan fingerprint density at radius 2 is 1.39 bits per heavy atom. The SMILES string of the molecule is O=C(NNC(=S)Nc1ccccc1)c1ccc(-n2c(-c3ccccc3)nc3ccccc3c2=O)cc1. The van der Waals surface area contributed by atoms with E-state index in [-0.39, 0.29) is 16.6 Å². The third kappa shape index (κ3) is 4.84. The first-order chi connectivity index (χ1) is 17.6. The zero-order valence-corrected chi connectivity index (χ0v) is 19.8. The quantitative estimate of drug-likeness (QED) is 0.250. The second-order valence-corrected chi connectivity index (χ2v) is 8.31. The molecule has 0 bridgehead atoms. The third-order valence-corrected chi connectivity index (χ3v) is 5.72. The maximum Gasteiger partial charge on any atom is 0.269 e. The summed E-state index contributed by atoms with van der Waals surface area (Å²) in [5, 5.41) is 3.76. The van der Waals surface area contributed by atoms with Gasteiger partial charge in [0.2, 0.25) is 0 Å². The summed E-state index contributed by atoms with van der Waals surface area (Å²) >= 11 is 5.22. The number of anilines is 1. The molecule has 1 heterocycles. The minimum absolute atomic E-state index is 0.185. The molecule has 0 saturated heterocycles. The van der Waals surface area contributed by atoms with Gasteiger partial charge in [-0.3, -0.25) is 25.0 Å². The van der Waals surface area contributed by atoms with Gasteiger partial charge in [0.15, 0.2) is 5.11 Å². The van der Waals surface area contributed by atoms with Crippen LogP contribution in [0.1, 0.15) is 10.4 Å². The summed E-state index contributed by atoms with van der Waals surface area (Å²) in [7, 11) is 0. The van der Waals surface area contributed by atoms with Crippen molar-refractivity contribution < 1.29 is 4.79 Å². The van der Waals surface area contributed by atoms with Crippen LogP contribution in [0.2, 0.25) is 0 Å². The number of rotatable bonds is 4. The zero-order chi connectivity index (χ0) is 24.9. The highest BCUT2D eigenvalue weighted by Gasteiger charge is 2.15. The topological polar surface area (TPSA) is 88.1 Å². The molecule has 7 nitrogen and oxygen atoms in total. The van der Waals surface area contributed by atoms with Crippen LogP contribution in [0.5, 0.6) is 0 Å². The average Bonchev–Trinajstić information content (AvgIpc) is 2.93. The van der Waals surface area contributed by atoms with Gasteiger partial charge in [0.25, 0.3) is 11.5 Å². The molecule has 0 atom stereocenters. The predicted octanol–water partition coefficient (Wildman–Crippen LogP) is 4.68. The number of hydrogen-bond donors (Lipinski definition) is 3. The standard InChI is InChI=1S/C28H21N5O2S/c34-26(31-32-28(36)29-21-11-5-2-6-12-21)20-15-17-22(18-16-20)33-25(19-9-3-1-4-10-19)30-24-14-8-7-13-23(24)27(33)35/h1-18H,(H,31,34)(H2,29,32,36). The number of thiocarbonyl (C=S) groups is 1. The van der Waals surface area contributed by atoms with Crippen LogP contribution in [0.15, 0.2) is 114 Å². The van der Waals surface area contributed by atoms with Gasteiger partial charge in [-0.1, -0.05) is 60.7 Å². The van der Waals surface area contributed by atoms with Crippen molar-refractivity contribution in [3.63, 3.8) is 0 Å². The molecule has 1 aromatic heterocycles. The number of nitrogens with one attached hydrogen (secondary N) is 3. The molecule has 4 aromatic carbocycles. The van der Waals surface area contributed by atoms with Crippen LogP contribution in [-0.2, 0) is 0 Å². The maximum atomic E-state index is 13.5. The summed E-state index contributed by atoms with van der Waals surface area (Å²) < 4.78 is 1.57. The first-order valence-corrected chi connectivity index (χ1v) is 11.6. The van der Waals surface area contributed by atoms with Gasteiger partial charge in [0.1, 0.15) is 5.82 Å². The van der Waals surface area contributed by atoms with Gasteiger partial charge < -0.3 is 5.32 Å². The number of nitrogens with zero attached hydrogens (tertiary/aromatic N) is 2. The van der Waals surface area contributed by atoms with Crippen LogP contribution in [0.25, 0.3) is 28.0 Å². The van der Waals surface area contributed by atoms with E-state index < -0.39 is 0 Å². The van der Waals surface area contributed by atoms with Gasteiger partial charge in [-0.15, -0.1) is 0 Å². The molecule has 36 heavy (non-hydrogen) atoms. The smallest absolute Gasteiger partial charge is 0.269 e. The minimum Gasteiger partial charge on any atom is -0.331 e. The van der Waals surface area contributed by atoms with E-state index >= 15 is 0 Å². The molecule has 0 aliphatic carbocycles. The van der Waals surface area contributed by atoms with Crippen LogP contribution in [0.4, 0.5) is 5.69 Å². The highest BCUT2D eigenvalue weighted by Crippen LogP contribution is 2.22. The number of amides is 1. The van der Waals surface area contributed by atoms with Gasteiger partial charge in [0, 0.05) is 16.8 Å². The van der Waals surface area contributed by atoms with E-state index in [0.29, 0.717) is 28.0 Å². The Balaban J connectivity index is 1.40. The fourth-order valence-electron chi connectivity index (χ4n) is 3.78. The third-order valence-electron chi connectivity index (χ3n) is 5.52. The van der Waals surface area contributed by atoms with Gasteiger partial charge >= 0.3 is 0 Å². The van der Waals surface area contributed by atoms with Gasteiger partial charge in [-0.05, 0) is 60.7 Å². The molecular weight excluding hydrogens is 470 g/mol. The van der Waals surface area contributed by atoms with Crippen molar-refractivity contribution in [2.24, 2.45) is 0 Å². The maximum absolute atomic E-state index is 13.5. The first kappa shape index (κ1) is 22.9. The van der Waals surface area contributed by atoms with Crippen molar-refractivity contribution in [1.82, 2.24) is 20.4 Å². The predicted molar refractivity (Wildman–Crippen MR) is 146 cm³/mol. The lowest BCUT2D eigenvalue weighted by atomic mass is 10.1. The Labute approximate surface area is 212 Å². The van der Waals surface area contributed by atoms with Crippen LogP contribution in [0, 0.1) is 0 Å². The van der Waals surface area contributed by atoms with E-state index in [1.54, 1.807) is 34.9 Å². The van der Waals surface area contributed by atoms with Crippen molar-refractivity contribution in [3.05, 3.63) is 125 Å². The Morgan fingerprint density at radius 3 is 2.11 bits per heavy atom. The Kier molecular flexibility index (Phi) is 6.51. The Hall–Kier alpha value is -4.82. The fourth-order valence-corrected chi connectivity index (χ4v) is 3.95. The van der Waals surface area contributed by atoms with E-state index in [9.17, 15) is 9.59 Å². The molecule has 5 aromatic rings. The van der Waals surface area contributed by atoms with E-state index in [1.165, 1.54) is 0 Å². The Morgan fingerprint density at radius 1 is 0.750 bits per heavy atom. The largest absolute Gasteiger partial charge is 0.331 e. The molecule has 0 radical (unpaired) electrons. The second kappa shape index (κ2) is 10.2. The molecule has 0 aliphatic heterocycles. The van der Waals surface area contributed by atoms with Gasteiger partial charge in [-0.2, -0.15) is 0 Å². The van der Waals surface area contributed by atoms with Crippen molar-refractivity contribution in [3.8, 4) is 17.1 Å². The molecule has 1 amide bonds. The molecule has 0 spiro atoms. The number of hydrogen-bond acceptors (Lipinski definition) is 4. The Bertz CT molecular complexity index is 1600. The fraction of sp³-hybridized carbons (Fsp3) is 0. The monoisotopic (exact) mass is 491 g/mol. The molecule has 0 saturated carbocycles. The molecule has 8 heteroatoms. The van der Waals surface area contributed by atoms with Crippen molar-refractivity contribution in [2.45, 2.75) is 0 Å². The van der Waals surface area contributed by atoms with Crippen LogP contribution < -0.4 is 21.7 Å². The molecular formula is C28H21N5O2S. The zero-order valence-electron chi connectivity index (χ0n) is 19.0. The number of aromatic nitrogens is 2. The highest BCUT2D eigenvalue weighted by atomic mass is 32.1. The summed E-state index contributed by atoms with van der Waals surface area (Å²) in [5.74, 6) is 0.154. The number of para-hydroxylation sites is 2. The number of carbonyl (C=O) groups excluding carboxylic acids is 1. The van der Waals surface area contributed by atoms with Gasteiger partial charge in [0.05, 0.1) is 16.6 Å². The average molecular weight is 492 g/mol. The molecule has 3 N–H and O–H groups in total. The van der Waals surface area contributed by atoms with Crippen molar-refractivity contribution >= 4 is 39.8 Å². The lowest BCUT2D eigenvalue weighted by Gasteiger charge is -2.15. The summed E-state index contributed by atoms with van der Waals surface area (Å²) in [4.78, 5) is 30.9. The van der Waals surface area contributed by atoms with E-state index in [2.05, 4.69) is 16.2 Å². The van der Waals surface area contributed by atoms with Crippen molar-refractivity contribution in [2.75, 3.05) is 5.32 Å². The molecule has 176 valence electrons. The minimum atomic E-state index is -0.369. The number of hydrazine groups is 1. The van der Waals surface area contributed by atoms with Crippen LogP contribution in [0.3, 0.4) is 0 Å². The van der Waals surface area contributed by atoms with Crippen LogP contribution in [-0.4, -0.2) is 20.6 Å². The molecule has 5 rings (SSSR count). The number of carbonyl (C=O) groups is 1. The number of fused-ring (bicyclic) bond motifs is 1. The lowest BCUT2D eigenvalue weighted by molar-refractivity contribution is 0.0944. The van der Waals surface area contributed by atoms with E-state index in [0.717, 1.165) is 11.3 Å². The first-order valence-electron chi connectivity index (χ1n) is 11.2. The normalized spacial score (nSPS) is 10.6. The van der Waals surface area contributed by atoms with E-state index in [1.807, 2.05) is 78.9 Å². The summed E-state index contributed by atoms with van der Waals surface area (Å²) in [5.41, 5.74) is 8.32. The highest BCUT2D eigenvalue weighted by molar-refractivity contribution is 7.80. The lowest BCUT2D eigenvalue weighted by Crippen LogP contribution is -2.43. The van der Waals surface area contributed by atoms with Crippen molar-refractivity contribution in [1.29, 1.82) is 0 Å². The van der Waals surface area contributed by atoms with Gasteiger partial charge in [-0.25, -0.2) is 4.98 Å². The summed E-state index contributed by atoms with van der Waals surface area (Å²) in [6.07, 6.45) is 0. The number of benzene rings is 4. The summed E-state index contributed by atoms with van der Waals surface area (Å²) in [6, 6.07) is 32.9. The molecule has 0 unspecified atom stereocenters. The molecule has 0 aliphatic rings.